The van der Waals surface area contributed by atoms with Crippen LogP contribution in [-0.4, -0.2) is 25.7 Å². The van der Waals surface area contributed by atoms with Crippen molar-refractivity contribution in [2.75, 3.05) is 5.32 Å². The van der Waals surface area contributed by atoms with Crippen molar-refractivity contribution in [3.8, 4) is 0 Å². The van der Waals surface area contributed by atoms with Crippen molar-refractivity contribution in [1.82, 2.24) is 19.9 Å². The number of aryl methyl sites for hydroxylation is 3. The summed E-state index contributed by atoms with van der Waals surface area (Å²) in [6.07, 6.45) is 1.20. The van der Waals surface area contributed by atoms with Crippen molar-refractivity contribution in [3.05, 3.63) is 82.3 Å². The first-order valence-corrected chi connectivity index (χ1v) is 10.5. The van der Waals surface area contributed by atoms with Gasteiger partial charge in [-0.15, -0.1) is 0 Å². The molecule has 154 valence electrons. The second-order valence-electron chi connectivity index (χ2n) is 8.11. The van der Waals surface area contributed by atoms with Gasteiger partial charge in [0.25, 0.3) is 0 Å². The number of ketones is 1. The molecule has 0 saturated carbocycles. The number of hydrogen-bond donors (Lipinski definition) is 1. The van der Waals surface area contributed by atoms with Crippen LogP contribution < -0.4 is 5.32 Å². The quantitative estimate of drug-likeness (QED) is 0.513. The molecule has 0 saturated heterocycles. The summed E-state index contributed by atoms with van der Waals surface area (Å²) < 4.78 is 0. The Morgan fingerprint density at radius 3 is 2.35 bits per heavy atom. The number of aromatic nitrogens is 4. The van der Waals surface area contributed by atoms with Crippen molar-refractivity contribution in [1.29, 1.82) is 0 Å². The number of para-hydroxylation sites is 1. The SMILES string of the molecule is Cc1ccccc1[C@H]1CC(=O)c2c(C)nc(Nc3nc(C)c4ccccc4n3)nc2C1. The number of carbonyl (C=O) groups excluding carboxylic acids is 1. The number of anilines is 2. The Morgan fingerprint density at radius 1 is 0.806 bits per heavy atom. The van der Waals surface area contributed by atoms with Gasteiger partial charge in [-0.3, -0.25) is 10.1 Å². The van der Waals surface area contributed by atoms with Crippen molar-refractivity contribution in [2.24, 2.45) is 0 Å². The minimum Gasteiger partial charge on any atom is -0.294 e. The third kappa shape index (κ3) is 3.54. The van der Waals surface area contributed by atoms with E-state index in [1.165, 1.54) is 11.1 Å². The zero-order chi connectivity index (χ0) is 21.5. The second-order valence-corrected chi connectivity index (χ2v) is 8.11. The first kappa shape index (κ1) is 19.3. The highest BCUT2D eigenvalue weighted by atomic mass is 16.1. The van der Waals surface area contributed by atoms with Gasteiger partial charge in [0.2, 0.25) is 11.9 Å². The molecule has 0 fully saturated rings. The molecule has 1 atom stereocenters. The summed E-state index contributed by atoms with van der Waals surface area (Å²) in [6.45, 7) is 5.91. The molecule has 0 amide bonds. The van der Waals surface area contributed by atoms with E-state index in [2.05, 4.69) is 39.3 Å². The highest BCUT2D eigenvalue weighted by molar-refractivity contribution is 5.99. The predicted molar refractivity (Wildman–Crippen MR) is 121 cm³/mol. The van der Waals surface area contributed by atoms with Gasteiger partial charge in [0, 0.05) is 11.8 Å². The number of nitrogens with one attached hydrogen (secondary N) is 1. The van der Waals surface area contributed by atoms with Crippen LogP contribution in [0.4, 0.5) is 11.9 Å². The number of nitrogens with zero attached hydrogens (tertiary/aromatic N) is 4. The molecular weight excluding hydrogens is 386 g/mol. The molecule has 2 heterocycles. The van der Waals surface area contributed by atoms with Crippen LogP contribution in [0.25, 0.3) is 10.9 Å². The third-order valence-electron chi connectivity index (χ3n) is 5.96. The van der Waals surface area contributed by atoms with E-state index in [1.54, 1.807) is 0 Å². The first-order valence-electron chi connectivity index (χ1n) is 10.5. The maximum absolute atomic E-state index is 12.9. The zero-order valence-corrected chi connectivity index (χ0v) is 17.8. The van der Waals surface area contributed by atoms with Crippen LogP contribution in [0.2, 0.25) is 0 Å². The van der Waals surface area contributed by atoms with E-state index in [1.807, 2.05) is 50.2 Å². The summed E-state index contributed by atoms with van der Waals surface area (Å²) in [5, 5.41) is 4.17. The van der Waals surface area contributed by atoms with Crippen LogP contribution >= 0.6 is 0 Å². The summed E-state index contributed by atoms with van der Waals surface area (Å²) >= 11 is 0. The molecular formula is C25H23N5O. The Kier molecular flexibility index (Phi) is 4.70. The van der Waals surface area contributed by atoms with Gasteiger partial charge in [-0.1, -0.05) is 42.5 Å². The van der Waals surface area contributed by atoms with Crippen LogP contribution in [0, 0.1) is 20.8 Å². The van der Waals surface area contributed by atoms with E-state index in [0.717, 1.165) is 22.3 Å². The van der Waals surface area contributed by atoms with Gasteiger partial charge < -0.3 is 0 Å². The van der Waals surface area contributed by atoms with Gasteiger partial charge in [-0.2, -0.15) is 0 Å². The zero-order valence-electron chi connectivity index (χ0n) is 17.8. The molecule has 2 aromatic carbocycles. The molecule has 0 radical (unpaired) electrons. The second kappa shape index (κ2) is 7.54. The van der Waals surface area contributed by atoms with Crippen LogP contribution in [-0.2, 0) is 6.42 Å². The minimum atomic E-state index is 0.108. The van der Waals surface area contributed by atoms with Crippen molar-refractivity contribution >= 4 is 28.6 Å². The highest BCUT2D eigenvalue weighted by Gasteiger charge is 2.30. The van der Waals surface area contributed by atoms with Crippen LogP contribution in [0.5, 0.6) is 0 Å². The molecule has 0 bridgehead atoms. The molecule has 1 aliphatic carbocycles. The lowest BCUT2D eigenvalue weighted by atomic mass is 9.80. The molecule has 2 aromatic heterocycles. The Balaban J connectivity index is 1.51. The van der Waals surface area contributed by atoms with E-state index < -0.39 is 0 Å². The molecule has 0 unspecified atom stereocenters. The van der Waals surface area contributed by atoms with E-state index >= 15 is 0 Å². The fraction of sp³-hybridized carbons (Fsp3) is 0.240. The molecule has 0 spiro atoms. The lowest BCUT2D eigenvalue weighted by Gasteiger charge is -2.25. The minimum absolute atomic E-state index is 0.108. The fourth-order valence-corrected chi connectivity index (χ4v) is 4.49. The number of hydrogen-bond acceptors (Lipinski definition) is 6. The summed E-state index contributed by atoms with van der Waals surface area (Å²) in [5.74, 6) is 1.11. The lowest BCUT2D eigenvalue weighted by molar-refractivity contribution is 0.0962. The molecule has 0 aliphatic heterocycles. The Hall–Kier alpha value is -3.67. The highest BCUT2D eigenvalue weighted by Crippen LogP contribution is 2.34. The number of carbonyl (C=O) groups is 1. The number of rotatable bonds is 3. The van der Waals surface area contributed by atoms with Crippen LogP contribution in [0.15, 0.2) is 48.5 Å². The summed E-state index contributed by atoms with van der Waals surface area (Å²) in [5.41, 5.74) is 6.30. The summed E-state index contributed by atoms with van der Waals surface area (Å²) in [7, 11) is 0. The largest absolute Gasteiger partial charge is 0.294 e. The average Bonchev–Trinajstić information content (AvgIpc) is 2.73. The van der Waals surface area contributed by atoms with Gasteiger partial charge in [-0.05, 0) is 50.3 Å². The third-order valence-corrected chi connectivity index (χ3v) is 5.96. The molecule has 4 aromatic rings. The maximum Gasteiger partial charge on any atom is 0.230 e. The molecule has 1 N–H and O–H groups in total. The normalized spacial score (nSPS) is 15.7. The molecule has 31 heavy (non-hydrogen) atoms. The monoisotopic (exact) mass is 409 g/mol. The Morgan fingerprint density at radius 2 is 1.52 bits per heavy atom. The summed E-state index contributed by atoms with van der Waals surface area (Å²) in [6, 6.07) is 16.1. The lowest BCUT2D eigenvalue weighted by Crippen LogP contribution is -2.23. The van der Waals surface area contributed by atoms with Gasteiger partial charge in [0.05, 0.1) is 28.2 Å². The first-order chi connectivity index (χ1) is 15.0. The van der Waals surface area contributed by atoms with E-state index in [9.17, 15) is 4.79 Å². The van der Waals surface area contributed by atoms with Crippen molar-refractivity contribution < 1.29 is 4.79 Å². The molecule has 6 nitrogen and oxygen atoms in total. The molecule has 6 heteroatoms. The van der Waals surface area contributed by atoms with E-state index in [-0.39, 0.29) is 11.7 Å². The van der Waals surface area contributed by atoms with Crippen LogP contribution in [0.1, 0.15) is 50.9 Å². The number of Topliss-reactive ketones (excluding diaryl/α,β-unsaturated/α-hetero) is 1. The van der Waals surface area contributed by atoms with Crippen molar-refractivity contribution in [2.45, 2.75) is 39.5 Å². The predicted octanol–water partition coefficient (Wildman–Crippen LogP) is 5.00. The van der Waals surface area contributed by atoms with Gasteiger partial charge in [-0.25, -0.2) is 19.9 Å². The Labute approximate surface area is 180 Å². The molecule has 5 rings (SSSR count). The summed E-state index contributed by atoms with van der Waals surface area (Å²) in [4.78, 5) is 31.3. The van der Waals surface area contributed by atoms with Gasteiger partial charge in [0.1, 0.15) is 0 Å². The number of fused-ring (bicyclic) bond motifs is 2. The van der Waals surface area contributed by atoms with E-state index in [0.29, 0.717) is 36.0 Å². The van der Waals surface area contributed by atoms with Crippen LogP contribution in [0.3, 0.4) is 0 Å². The average molecular weight is 409 g/mol. The number of benzene rings is 2. The fourth-order valence-electron chi connectivity index (χ4n) is 4.49. The van der Waals surface area contributed by atoms with Gasteiger partial charge in [0.15, 0.2) is 5.78 Å². The van der Waals surface area contributed by atoms with Gasteiger partial charge >= 0.3 is 0 Å². The standard InChI is InChI=1S/C25H23N5O/c1-14-8-4-5-9-18(14)17-12-21-23(22(31)13-17)16(3)27-25(29-21)30-24-26-15(2)19-10-6-7-11-20(19)28-24/h4-11,17H,12-13H2,1-3H3,(H,26,27,28,29,30)/t17-/m1/s1. The maximum atomic E-state index is 12.9. The smallest absolute Gasteiger partial charge is 0.230 e. The van der Waals surface area contributed by atoms with E-state index in [4.69, 9.17) is 4.98 Å². The molecule has 1 aliphatic rings. The van der Waals surface area contributed by atoms with Crippen molar-refractivity contribution in [3.63, 3.8) is 0 Å². The Bertz CT molecular complexity index is 1330. The topological polar surface area (TPSA) is 80.7 Å².